The summed E-state index contributed by atoms with van der Waals surface area (Å²) in [5.74, 6) is 0.362. The maximum Gasteiger partial charge on any atom is 0.337 e. The summed E-state index contributed by atoms with van der Waals surface area (Å²) in [6, 6.07) is 16.1. The number of aryl methyl sites for hydroxylation is 1. The lowest BCUT2D eigenvalue weighted by atomic mass is 10.2. The van der Waals surface area contributed by atoms with Gasteiger partial charge in [0.05, 0.1) is 12.7 Å². The van der Waals surface area contributed by atoms with Crippen LogP contribution >= 0.6 is 0 Å². The van der Waals surface area contributed by atoms with Crippen molar-refractivity contribution in [2.24, 2.45) is 0 Å². The van der Waals surface area contributed by atoms with Crippen molar-refractivity contribution >= 4 is 17.6 Å². The lowest BCUT2D eigenvalue weighted by molar-refractivity contribution is -0.116. The van der Waals surface area contributed by atoms with Crippen LogP contribution in [0.2, 0.25) is 0 Å². The van der Waals surface area contributed by atoms with E-state index in [1.165, 1.54) is 7.11 Å². The Kier molecular flexibility index (Phi) is 5.94. The second kappa shape index (κ2) is 8.75. The van der Waals surface area contributed by atoms with Crippen molar-refractivity contribution in [1.29, 1.82) is 0 Å². The van der Waals surface area contributed by atoms with Crippen LogP contribution in [0, 0.1) is 0 Å². The highest BCUT2D eigenvalue weighted by molar-refractivity contribution is 5.94. The van der Waals surface area contributed by atoms with E-state index in [2.05, 4.69) is 20.3 Å². The number of benzene rings is 2. The first-order valence-corrected chi connectivity index (χ1v) is 8.52. The van der Waals surface area contributed by atoms with Gasteiger partial charge in [-0.25, -0.2) is 4.79 Å². The van der Waals surface area contributed by atoms with Crippen LogP contribution < -0.4 is 5.32 Å². The second-order valence-corrected chi connectivity index (χ2v) is 5.84. The minimum Gasteiger partial charge on any atom is -0.465 e. The number of carbonyl (C=O) groups excluding carboxylic acids is 2. The van der Waals surface area contributed by atoms with E-state index < -0.39 is 5.97 Å². The van der Waals surface area contributed by atoms with Gasteiger partial charge in [0.2, 0.25) is 17.7 Å². The number of esters is 1. The molecule has 0 radical (unpaired) electrons. The van der Waals surface area contributed by atoms with Crippen molar-refractivity contribution in [3.8, 4) is 11.5 Å². The van der Waals surface area contributed by atoms with Gasteiger partial charge in [0.1, 0.15) is 0 Å². The number of hydrogen-bond donors (Lipinski definition) is 1. The number of ether oxygens (including phenoxy) is 1. The van der Waals surface area contributed by atoms with Gasteiger partial charge in [-0.15, -0.1) is 10.2 Å². The summed E-state index contributed by atoms with van der Waals surface area (Å²) in [6.07, 6.45) is 1.37. The summed E-state index contributed by atoms with van der Waals surface area (Å²) < 4.78 is 10.3. The summed E-state index contributed by atoms with van der Waals surface area (Å²) in [5.41, 5.74) is 1.79. The summed E-state index contributed by atoms with van der Waals surface area (Å²) in [5, 5.41) is 10.8. The molecule has 1 N–H and O–H groups in total. The highest BCUT2D eigenvalue weighted by Gasteiger charge is 2.10. The van der Waals surface area contributed by atoms with Crippen LogP contribution in [0.5, 0.6) is 0 Å². The van der Waals surface area contributed by atoms with E-state index >= 15 is 0 Å². The molecule has 0 fully saturated rings. The Labute approximate surface area is 156 Å². The molecule has 0 aliphatic heterocycles. The summed E-state index contributed by atoms with van der Waals surface area (Å²) >= 11 is 0. The molecule has 1 aromatic heterocycles. The molecular weight excluding hydrogens is 346 g/mol. The average molecular weight is 365 g/mol. The molecule has 2 aromatic carbocycles. The largest absolute Gasteiger partial charge is 0.465 e. The first-order chi connectivity index (χ1) is 13.2. The predicted molar refractivity (Wildman–Crippen MR) is 99.1 cm³/mol. The molecule has 0 unspecified atom stereocenters. The normalized spacial score (nSPS) is 10.4. The number of amides is 1. The molecule has 138 valence electrons. The highest BCUT2D eigenvalue weighted by Crippen LogP contribution is 2.18. The fourth-order valence-electron chi connectivity index (χ4n) is 2.52. The SMILES string of the molecule is COC(=O)c1cccc(NC(=O)CCCc2nnc(-c3ccccc3)o2)c1. The van der Waals surface area contributed by atoms with Crippen LogP contribution in [-0.4, -0.2) is 29.2 Å². The molecule has 1 heterocycles. The molecule has 0 aliphatic rings. The molecular formula is C20H19N3O4. The summed E-state index contributed by atoms with van der Waals surface area (Å²) in [6.45, 7) is 0. The van der Waals surface area contributed by atoms with Crippen molar-refractivity contribution < 1.29 is 18.7 Å². The van der Waals surface area contributed by atoms with Crippen LogP contribution in [0.25, 0.3) is 11.5 Å². The number of hydrogen-bond acceptors (Lipinski definition) is 6. The Morgan fingerprint density at radius 2 is 1.89 bits per heavy atom. The fourth-order valence-corrected chi connectivity index (χ4v) is 2.52. The van der Waals surface area contributed by atoms with E-state index in [1.54, 1.807) is 24.3 Å². The Hall–Kier alpha value is -3.48. The number of aromatic nitrogens is 2. The number of carbonyl (C=O) groups is 2. The maximum absolute atomic E-state index is 12.1. The molecule has 7 heteroatoms. The lowest BCUT2D eigenvalue weighted by Gasteiger charge is -2.06. The number of nitrogens with one attached hydrogen (secondary N) is 1. The fraction of sp³-hybridized carbons (Fsp3) is 0.200. The Bertz CT molecular complexity index is 922. The number of rotatable bonds is 7. The molecule has 0 atom stereocenters. The molecule has 0 bridgehead atoms. The summed E-state index contributed by atoms with van der Waals surface area (Å²) in [4.78, 5) is 23.6. The predicted octanol–water partition coefficient (Wildman–Crippen LogP) is 3.48. The first kappa shape index (κ1) is 18.3. The first-order valence-electron chi connectivity index (χ1n) is 8.52. The van der Waals surface area contributed by atoms with E-state index in [9.17, 15) is 9.59 Å². The molecule has 1 amide bonds. The molecule has 0 aliphatic carbocycles. The Morgan fingerprint density at radius 3 is 2.67 bits per heavy atom. The smallest absolute Gasteiger partial charge is 0.337 e. The van der Waals surface area contributed by atoms with Crippen molar-refractivity contribution in [3.05, 3.63) is 66.1 Å². The van der Waals surface area contributed by atoms with Crippen molar-refractivity contribution in [2.75, 3.05) is 12.4 Å². The molecule has 0 spiro atoms. The highest BCUT2D eigenvalue weighted by atomic mass is 16.5. The van der Waals surface area contributed by atoms with Gasteiger partial charge >= 0.3 is 5.97 Å². The molecule has 3 rings (SSSR count). The number of nitrogens with zero attached hydrogens (tertiary/aromatic N) is 2. The van der Waals surface area contributed by atoms with Gasteiger partial charge in [0.25, 0.3) is 0 Å². The molecule has 27 heavy (non-hydrogen) atoms. The lowest BCUT2D eigenvalue weighted by Crippen LogP contribution is -2.12. The van der Waals surface area contributed by atoms with Gasteiger partial charge in [-0.1, -0.05) is 24.3 Å². The quantitative estimate of drug-likeness (QED) is 0.644. The third-order valence-electron chi connectivity index (χ3n) is 3.85. The number of anilines is 1. The zero-order valence-electron chi connectivity index (χ0n) is 14.8. The van der Waals surface area contributed by atoms with Gasteiger partial charge in [0.15, 0.2) is 0 Å². The van der Waals surface area contributed by atoms with E-state index in [0.29, 0.717) is 42.3 Å². The van der Waals surface area contributed by atoms with E-state index in [-0.39, 0.29) is 5.91 Å². The Morgan fingerprint density at radius 1 is 1.07 bits per heavy atom. The Balaban J connectivity index is 1.49. The average Bonchev–Trinajstić information content (AvgIpc) is 3.17. The van der Waals surface area contributed by atoms with Crippen LogP contribution in [0.1, 0.15) is 29.1 Å². The molecule has 0 saturated heterocycles. The zero-order valence-corrected chi connectivity index (χ0v) is 14.8. The van der Waals surface area contributed by atoms with Crippen molar-refractivity contribution in [2.45, 2.75) is 19.3 Å². The summed E-state index contributed by atoms with van der Waals surface area (Å²) in [7, 11) is 1.31. The van der Waals surface area contributed by atoms with Gasteiger partial charge in [-0.3, -0.25) is 4.79 Å². The molecule has 7 nitrogen and oxygen atoms in total. The standard InChI is InChI=1S/C20H19N3O4/c1-26-20(25)15-9-5-10-16(13-15)21-17(24)11-6-12-18-22-23-19(27-18)14-7-3-2-4-8-14/h2-5,7-10,13H,6,11-12H2,1H3,(H,21,24). The van der Waals surface area contributed by atoms with Crippen molar-refractivity contribution in [3.63, 3.8) is 0 Å². The minimum absolute atomic E-state index is 0.153. The molecule has 3 aromatic rings. The second-order valence-electron chi connectivity index (χ2n) is 5.84. The van der Waals surface area contributed by atoms with Gasteiger partial charge in [-0.05, 0) is 36.8 Å². The van der Waals surface area contributed by atoms with E-state index in [4.69, 9.17) is 4.42 Å². The number of methoxy groups -OCH3 is 1. The maximum atomic E-state index is 12.1. The van der Waals surface area contributed by atoms with Crippen LogP contribution in [0.3, 0.4) is 0 Å². The van der Waals surface area contributed by atoms with Crippen LogP contribution in [0.15, 0.2) is 59.0 Å². The van der Waals surface area contributed by atoms with Gasteiger partial charge in [-0.2, -0.15) is 0 Å². The van der Waals surface area contributed by atoms with Gasteiger partial charge in [0, 0.05) is 24.1 Å². The van der Waals surface area contributed by atoms with E-state index in [1.807, 2.05) is 30.3 Å². The minimum atomic E-state index is -0.447. The topological polar surface area (TPSA) is 94.3 Å². The molecule has 0 saturated carbocycles. The van der Waals surface area contributed by atoms with E-state index in [0.717, 1.165) is 5.56 Å². The van der Waals surface area contributed by atoms with Crippen LogP contribution in [-0.2, 0) is 16.0 Å². The monoisotopic (exact) mass is 365 g/mol. The van der Waals surface area contributed by atoms with Gasteiger partial charge < -0.3 is 14.5 Å². The van der Waals surface area contributed by atoms with Crippen LogP contribution in [0.4, 0.5) is 5.69 Å². The third kappa shape index (κ3) is 5.01. The van der Waals surface area contributed by atoms with Crippen molar-refractivity contribution in [1.82, 2.24) is 10.2 Å². The third-order valence-corrected chi connectivity index (χ3v) is 3.85. The zero-order chi connectivity index (χ0) is 19.1.